The van der Waals surface area contributed by atoms with E-state index in [0.717, 1.165) is 25.1 Å². The number of likely N-dealkylation sites (tertiary alicyclic amines) is 2. The molecule has 0 radical (unpaired) electrons. The van der Waals surface area contributed by atoms with Crippen LogP contribution in [0.4, 0.5) is 0 Å². The van der Waals surface area contributed by atoms with E-state index >= 15 is 0 Å². The standard InChI is InChI=1S/C17H25N3O.ClH/c1-19-10-5-8-14-12-20(11-9-15(14)19)17(21)16(18)13-6-3-2-4-7-13;/h2-4,6-7,14-16H,5,8-12,18H2,1H3;1H. The van der Waals surface area contributed by atoms with E-state index in [1.54, 1.807) is 0 Å². The third-order valence-electron chi connectivity index (χ3n) is 5.08. The van der Waals surface area contributed by atoms with Gasteiger partial charge in [0.2, 0.25) is 5.91 Å². The van der Waals surface area contributed by atoms with Crippen molar-refractivity contribution in [3.8, 4) is 0 Å². The van der Waals surface area contributed by atoms with Gasteiger partial charge in [-0.2, -0.15) is 0 Å². The molecule has 2 N–H and O–H groups in total. The molecule has 2 fully saturated rings. The van der Waals surface area contributed by atoms with Crippen molar-refractivity contribution in [2.75, 3.05) is 26.7 Å². The minimum absolute atomic E-state index is 0. The highest BCUT2D eigenvalue weighted by Gasteiger charge is 2.36. The van der Waals surface area contributed by atoms with Crippen LogP contribution in [0.1, 0.15) is 30.9 Å². The second-order valence-electron chi connectivity index (χ2n) is 6.41. The zero-order valence-electron chi connectivity index (χ0n) is 13.1. The van der Waals surface area contributed by atoms with E-state index in [4.69, 9.17) is 5.73 Å². The van der Waals surface area contributed by atoms with Crippen LogP contribution < -0.4 is 5.73 Å². The van der Waals surface area contributed by atoms with Crippen LogP contribution in [0.25, 0.3) is 0 Å². The summed E-state index contributed by atoms with van der Waals surface area (Å²) in [6.07, 6.45) is 3.55. The van der Waals surface area contributed by atoms with Gasteiger partial charge in [-0.15, -0.1) is 12.4 Å². The number of rotatable bonds is 2. The lowest BCUT2D eigenvalue weighted by molar-refractivity contribution is -0.136. The van der Waals surface area contributed by atoms with Gasteiger partial charge in [0.1, 0.15) is 6.04 Å². The number of benzene rings is 1. The van der Waals surface area contributed by atoms with Crippen LogP contribution in [0, 0.1) is 5.92 Å². The number of hydrogen-bond donors (Lipinski definition) is 1. The SMILES string of the molecule is CN1CCCC2CN(C(=O)C(N)c3ccccc3)CCC21.Cl. The number of nitrogens with zero attached hydrogens (tertiary/aromatic N) is 2. The number of hydrogen-bond acceptors (Lipinski definition) is 3. The van der Waals surface area contributed by atoms with E-state index in [9.17, 15) is 4.79 Å². The predicted molar refractivity (Wildman–Crippen MR) is 91.0 cm³/mol. The van der Waals surface area contributed by atoms with E-state index in [-0.39, 0.29) is 18.3 Å². The molecular formula is C17H26ClN3O. The Balaban J connectivity index is 0.00000176. The molecule has 2 aliphatic heterocycles. The third kappa shape index (κ3) is 3.45. The summed E-state index contributed by atoms with van der Waals surface area (Å²) >= 11 is 0. The van der Waals surface area contributed by atoms with Gasteiger partial charge in [0.15, 0.2) is 0 Å². The van der Waals surface area contributed by atoms with E-state index < -0.39 is 6.04 Å². The molecule has 2 aliphatic rings. The molecule has 0 spiro atoms. The van der Waals surface area contributed by atoms with Crippen molar-refractivity contribution in [2.24, 2.45) is 11.7 Å². The van der Waals surface area contributed by atoms with Gasteiger partial charge < -0.3 is 15.5 Å². The first kappa shape index (κ1) is 17.3. The van der Waals surface area contributed by atoms with Gasteiger partial charge in [0.05, 0.1) is 0 Å². The molecule has 22 heavy (non-hydrogen) atoms. The second kappa shape index (κ2) is 7.44. The number of piperidine rings is 2. The first-order valence-electron chi connectivity index (χ1n) is 7.96. The molecule has 0 aliphatic carbocycles. The summed E-state index contributed by atoms with van der Waals surface area (Å²) in [5.41, 5.74) is 7.07. The van der Waals surface area contributed by atoms with Crippen molar-refractivity contribution < 1.29 is 4.79 Å². The predicted octanol–water partition coefficient (Wildman–Crippen LogP) is 2.05. The van der Waals surface area contributed by atoms with Gasteiger partial charge in [0, 0.05) is 19.1 Å². The summed E-state index contributed by atoms with van der Waals surface area (Å²) in [5, 5.41) is 0. The van der Waals surface area contributed by atoms with E-state index in [1.165, 1.54) is 19.4 Å². The zero-order valence-corrected chi connectivity index (χ0v) is 14.0. The first-order chi connectivity index (χ1) is 10.2. The Morgan fingerprint density at radius 1 is 1.23 bits per heavy atom. The molecule has 2 heterocycles. The Morgan fingerprint density at radius 3 is 2.68 bits per heavy atom. The Kier molecular flexibility index (Phi) is 5.84. The number of halogens is 1. The fraction of sp³-hybridized carbons (Fsp3) is 0.588. The topological polar surface area (TPSA) is 49.6 Å². The lowest BCUT2D eigenvalue weighted by Crippen LogP contribution is -2.55. The quantitative estimate of drug-likeness (QED) is 0.906. The Hall–Kier alpha value is -1.10. The highest BCUT2D eigenvalue weighted by Crippen LogP contribution is 2.30. The van der Waals surface area contributed by atoms with Crippen LogP contribution in [0.2, 0.25) is 0 Å². The van der Waals surface area contributed by atoms with E-state index in [2.05, 4.69) is 11.9 Å². The summed E-state index contributed by atoms with van der Waals surface area (Å²) < 4.78 is 0. The fourth-order valence-corrected chi connectivity index (χ4v) is 3.85. The van der Waals surface area contributed by atoms with Crippen molar-refractivity contribution in [2.45, 2.75) is 31.3 Å². The van der Waals surface area contributed by atoms with Crippen LogP contribution in [0.3, 0.4) is 0 Å². The van der Waals surface area contributed by atoms with Gasteiger partial charge in [-0.3, -0.25) is 4.79 Å². The van der Waals surface area contributed by atoms with Gasteiger partial charge in [-0.25, -0.2) is 0 Å². The maximum absolute atomic E-state index is 12.6. The average molecular weight is 324 g/mol. The molecule has 5 heteroatoms. The van der Waals surface area contributed by atoms with E-state index in [0.29, 0.717) is 12.0 Å². The first-order valence-corrected chi connectivity index (χ1v) is 7.96. The number of carbonyl (C=O) groups excluding carboxylic acids is 1. The summed E-state index contributed by atoms with van der Waals surface area (Å²) in [5.74, 6) is 0.692. The van der Waals surface area contributed by atoms with Crippen molar-refractivity contribution in [3.05, 3.63) is 35.9 Å². The fourth-order valence-electron chi connectivity index (χ4n) is 3.85. The number of fused-ring (bicyclic) bond motifs is 1. The van der Waals surface area contributed by atoms with Crippen molar-refractivity contribution in [1.29, 1.82) is 0 Å². The minimum atomic E-state index is -0.524. The molecule has 1 amide bonds. The third-order valence-corrected chi connectivity index (χ3v) is 5.08. The summed E-state index contributed by atoms with van der Waals surface area (Å²) in [6.45, 7) is 2.90. The lowest BCUT2D eigenvalue weighted by Gasteiger charge is -2.46. The smallest absolute Gasteiger partial charge is 0.244 e. The van der Waals surface area contributed by atoms with Crippen molar-refractivity contribution in [3.63, 3.8) is 0 Å². The Morgan fingerprint density at radius 2 is 1.95 bits per heavy atom. The number of amides is 1. The summed E-state index contributed by atoms with van der Waals surface area (Å²) in [4.78, 5) is 17.1. The molecule has 0 saturated carbocycles. The largest absolute Gasteiger partial charge is 0.341 e. The molecule has 1 aromatic carbocycles. The maximum Gasteiger partial charge on any atom is 0.244 e. The molecule has 2 saturated heterocycles. The minimum Gasteiger partial charge on any atom is -0.341 e. The molecule has 0 bridgehead atoms. The van der Waals surface area contributed by atoms with Crippen LogP contribution in [0.5, 0.6) is 0 Å². The average Bonchev–Trinajstić information content (AvgIpc) is 2.54. The lowest BCUT2D eigenvalue weighted by atomic mass is 9.84. The van der Waals surface area contributed by atoms with Gasteiger partial charge in [-0.05, 0) is 44.3 Å². The van der Waals surface area contributed by atoms with Crippen LogP contribution in [-0.4, -0.2) is 48.4 Å². The molecule has 122 valence electrons. The Bertz CT molecular complexity index is 496. The second-order valence-corrected chi connectivity index (χ2v) is 6.41. The summed E-state index contributed by atoms with van der Waals surface area (Å²) in [6, 6.07) is 9.81. The number of nitrogens with two attached hydrogens (primary N) is 1. The number of carbonyl (C=O) groups is 1. The summed E-state index contributed by atoms with van der Waals surface area (Å²) in [7, 11) is 2.21. The van der Waals surface area contributed by atoms with Crippen molar-refractivity contribution >= 4 is 18.3 Å². The van der Waals surface area contributed by atoms with Gasteiger partial charge in [-0.1, -0.05) is 30.3 Å². The molecule has 0 aromatic heterocycles. The van der Waals surface area contributed by atoms with Crippen LogP contribution in [0.15, 0.2) is 30.3 Å². The maximum atomic E-state index is 12.6. The molecule has 3 atom stereocenters. The molecule has 4 nitrogen and oxygen atoms in total. The van der Waals surface area contributed by atoms with Gasteiger partial charge >= 0.3 is 0 Å². The van der Waals surface area contributed by atoms with E-state index in [1.807, 2.05) is 35.2 Å². The van der Waals surface area contributed by atoms with Crippen molar-refractivity contribution in [1.82, 2.24) is 9.80 Å². The normalized spacial score (nSPS) is 26.7. The monoisotopic (exact) mass is 323 g/mol. The molecule has 3 rings (SSSR count). The molecule has 1 aromatic rings. The molecule has 3 unspecified atom stereocenters. The zero-order chi connectivity index (χ0) is 14.8. The van der Waals surface area contributed by atoms with Gasteiger partial charge in [0.25, 0.3) is 0 Å². The van der Waals surface area contributed by atoms with Crippen LogP contribution in [-0.2, 0) is 4.79 Å². The highest BCUT2D eigenvalue weighted by atomic mass is 35.5. The Labute approximate surface area is 139 Å². The van der Waals surface area contributed by atoms with Crippen LogP contribution >= 0.6 is 12.4 Å². The highest BCUT2D eigenvalue weighted by molar-refractivity contribution is 5.85. The molecular weight excluding hydrogens is 298 g/mol.